The van der Waals surface area contributed by atoms with Gasteiger partial charge < -0.3 is 10.4 Å². The second-order valence-corrected chi connectivity index (χ2v) is 11.3. The van der Waals surface area contributed by atoms with Crippen LogP contribution in [0.3, 0.4) is 0 Å². The lowest BCUT2D eigenvalue weighted by atomic mass is 9.60. The number of aliphatic hydroxyl groups is 1. The minimum Gasteiger partial charge on any atom is -0.387 e. The van der Waals surface area contributed by atoms with Crippen molar-refractivity contribution in [3.05, 3.63) is 39.5 Å². The average molecular weight is 445 g/mol. The standard InChI is InChI=1S/C25H30Cl2N2O/c26-17-9-18-19(24(30)21-3-1-2-6-28-21)11-22(29-23(18)20(27)10-17)25-12-14-4-5-16(25)8-15(7-14)13-25/h9-11,14-16,21,24,28,30H,1-8,12-13H2/t14-,15-,16+,21?,24-,25+/m0/s1. The second kappa shape index (κ2) is 7.33. The molecule has 6 atom stereocenters. The molecule has 6 rings (SSSR count). The Morgan fingerprint density at radius 3 is 2.73 bits per heavy atom. The quantitative estimate of drug-likeness (QED) is 0.593. The Bertz CT molecular complexity index is 989. The van der Waals surface area contributed by atoms with Gasteiger partial charge in [-0.3, -0.25) is 4.98 Å². The van der Waals surface area contributed by atoms with Crippen LogP contribution in [0.5, 0.6) is 0 Å². The molecule has 2 heterocycles. The molecule has 4 fully saturated rings. The molecule has 1 aliphatic heterocycles. The third kappa shape index (κ3) is 3.03. The van der Waals surface area contributed by atoms with Crippen LogP contribution < -0.4 is 5.32 Å². The summed E-state index contributed by atoms with van der Waals surface area (Å²) in [5.41, 5.74) is 3.12. The molecule has 1 unspecified atom stereocenters. The summed E-state index contributed by atoms with van der Waals surface area (Å²) in [6.07, 6.45) is 10.7. The summed E-state index contributed by atoms with van der Waals surface area (Å²) >= 11 is 13.0. The van der Waals surface area contributed by atoms with Gasteiger partial charge in [-0.1, -0.05) is 36.0 Å². The minimum absolute atomic E-state index is 0.0755. The number of pyridine rings is 1. The molecule has 3 saturated carbocycles. The summed E-state index contributed by atoms with van der Waals surface area (Å²) in [5, 5.41) is 17.1. The van der Waals surface area contributed by atoms with E-state index in [1.807, 2.05) is 6.07 Å². The van der Waals surface area contributed by atoms with Crippen molar-refractivity contribution >= 4 is 34.1 Å². The number of aliphatic hydroxyl groups excluding tert-OH is 1. The van der Waals surface area contributed by atoms with Crippen molar-refractivity contribution in [3.63, 3.8) is 0 Å². The highest BCUT2D eigenvalue weighted by atomic mass is 35.5. The van der Waals surface area contributed by atoms with E-state index in [0.29, 0.717) is 10.0 Å². The Morgan fingerprint density at radius 2 is 1.90 bits per heavy atom. The van der Waals surface area contributed by atoms with Gasteiger partial charge in [0.05, 0.1) is 16.6 Å². The van der Waals surface area contributed by atoms with Crippen molar-refractivity contribution in [2.75, 3.05) is 6.54 Å². The van der Waals surface area contributed by atoms with Crippen LogP contribution in [0.15, 0.2) is 18.2 Å². The van der Waals surface area contributed by atoms with Gasteiger partial charge in [-0.15, -0.1) is 0 Å². The first-order valence-corrected chi connectivity index (χ1v) is 12.5. The van der Waals surface area contributed by atoms with E-state index in [1.54, 1.807) is 6.07 Å². The Morgan fingerprint density at radius 1 is 1.03 bits per heavy atom. The highest BCUT2D eigenvalue weighted by Crippen LogP contribution is 2.63. The number of halogens is 2. The van der Waals surface area contributed by atoms with E-state index in [9.17, 15) is 5.11 Å². The van der Waals surface area contributed by atoms with Crippen molar-refractivity contribution in [1.82, 2.24) is 10.3 Å². The summed E-state index contributed by atoms with van der Waals surface area (Å²) in [5.74, 6) is 2.42. The average Bonchev–Trinajstić information content (AvgIpc) is 2.90. The predicted molar refractivity (Wildman–Crippen MR) is 122 cm³/mol. The Kier molecular flexibility index (Phi) is 4.84. The van der Waals surface area contributed by atoms with Crippen LogP contribution in [0.25, 0.3) is 10.9 Å². The molecule has 0 spiro atoms. The number of rotatable bonds is 3. The van der Waals surface area contributed by atoms with Crippen LogP contribution in [-0.2, 0) is 5.41 Å². The number of benzene rings is 1. The zero-order valence-electron chi connectivity index (χ0n) is 17.3. The van der Waals surface area contributed by atoms with E-state index in [2.05, 4.69) is 11.4 Å². The van der Waals surface area contributed by atoms with Gasteiger partial charge in [0.1, 0.15) is 0 Å². The zero-order valence-corrected chi connectivity index (χ0v) is 18.9. The van der Waals surface area contributed by atoms with Gasteiger partial charge >= 0.3 is 0 Å². The first-order chi connectivity index (χ1) is 14.5. The molecule has 30 heavy (non-hydrogen) atoms. The van der Waals surface area contributed by atoms with Crippen LogP contribution in [0, 0.1) is 17.8 Å². The third-order valence-electron chi connectivity index (χ3n) is 8.72. The SMILES string of the molecule is O[C@@H](c1cc([C@@]23C[C@H]4CC[C@@H]2C[C@H](C4)C3)nc2c(Cl)cc(Cl)cc12)C1CCCCN1. The molecule has 1 saturated heterocycles. The molecular formula is C25H30Cl2N2O. The van der Waals surface area contributed by atoms with Gasteiger partial charge in [0.15, 0.2) is 0 Å². The lowest BCUT2D eigenvalue weighted by molar-refractivity contribution is 0.113. The normalized spacial score (nSPS) is 36.4. The van der Waals surface area contributed by atoms with Crippen molar-refractivity contribution in [2.45, 2.75) is 75.3 Å². The van der Waals surface area contributed by atoms with Gasteiger partial charge in [0.2, 0.25) is 0 Å². The fourth-order valence-corrected chi connectivity index (χ4v) is 8.04. The topological polar surface area (TPSA) is 45.2 Å². The van der Waals surface area contributed by atoms with Crippen LogP contribution >= 0.6 is 23.2 Å². The molecule has 5 heteroatoms. The highest BCUT2D eigenvalue weighted by Gasteiger charge is 2.56. The van der Waals surface area contributed by atoms with Crippen LogP contribution in [0.1, 0.15) is 75.1 Å². The molecule has 0 radical (unpaired) electrons. The van der Waals surface area contributed by atoms with Crippen molar-refractivity contribution in [1.29, 1.82) is 0 Å². The Hall–Kier alpha value is -0.870. The predicted octanol–water partition coefficient (Wildman–Crippen LogP) is 6.18. The Labute approximate surface area is 188 Å². The third-order valence-corrected chi connectivity index (χ3v) is 9.22. The number of fused-ring (bicyclic) bond motifs is 3. The summed E-state index contributed by atoms with van der Waals surface area (Å²) in [6, 6.07) is 6.04. The molecule has 3 aliphatic carbocycles. The molecular weight excluding hydrogens is 415 g/mol. The van der Waals surface area contributed by atoms with E-state index in [1.165, 1.54) is 50.6 Å². The highest BCUT2D eigenvalue weighted by molar-refractivity contribution is 6.38. The number of hydrogen-bond acceptors (Lipinski definition) is 3. The number of nitrogens with one attached hydrogen (secondary N) is 1. The molecule has 2 N–H and O–H groups in total. The minimum atomic E-state index is -0.571. The van der Waals surface area contributed by atoms with Gasteiger partial charge in [-0.05, 0) is 93.0 Å². The summed E-state index contributed by atoms with van der Waals surface area (Å²) < 4.78 is 0. The molecule has 3 nitrogen and oxygen atoms in total. The smallest absolute Gasteiger partial charge is 0.0950 e. The van der Waals surface area contributed by atoms with Gasteiger partial charge in [-0.2, -0.15) is 0 Å². The fraction of sp³-hybridized carbons (Fsp3) is 0.640. The summed E-state index contributed by atoms with van der Waals surface area (Å²) in [6.45, 7) is 0.967. The van der Waals surface area contributed by atoms with Crippen LogP contribution in [0.4, 0.5) is 0 Å². The van der Waals surface area contributed by atoms with Gasteiger partial charge in [0.25, 0.3) is 0 Å². The summed E-state index contributed by atoms with van der Waals surface area (Å²) in [4.78, 5) is 5.19. The number of piperidine rings is 1. The monoisotopic (exact) mass is 444 g/mol. The molecule has 1 aromatic carbocycles. The lowest BCUT2D eigenvalue weighted by Gasteiger charge is -2.45. The Balaban J connectivity index is 1.52. The molecule has 3 bridgehead atoms. The van der Waals surface area contributed by atoms with Crippen molar-refractivity contribution < 1.29 is 5.11 Å². The van der Waals surface area contributed by atoms with E-state index >= 15 is 0 Å². The summed E-state index contributed by atoms with van der Waals surface area (Å²) in [7, 11) is 0. The second-order valence-electron chi connectivity index (χ2n) is 10.4. The molecule has 2 aromatic rings. The van der Waals surface area contributed by atoms with E-state index in [-0.39, 0.29) is 11.5 Å². The maximum atomic E-state index is 11.5. The van der Waals surface area contributed by atoms with Crippen LogP contribution in [0.2, 0.25) is 10.0 Å². The number of nitrogens with zero attached hydrogens (tertiary/aromatic N) is 1. The molecule has 160 valence electrons. The van der Waals surface area contributed by atoms with Crippen molar-refractivity contribution in [3.8, 4) is 0 Å². The first kappa shape index (κ1) is 19.8. The lowest BCUT2D eigenvalue weighted by Crippen LogP contribution is -2.41. The van der Waals surface area contributed by atoms with E-state index in [0.717, 1.165) is 53.6 Å². The van der Waals surface area contributed by atoms with Crippen molar-refractivity contribution in [2.24, 2.45) is 17.8 Å². The van der Waals surface area contributed by atoms with E-state index in [4.69, 9.17) is 28.2 Å². The molecule has 0 amide bonds. The first-order valence-electron chi connectivity index (χ1n) is 11.7. The van der Waals surface area contributed by atoms with Gasteiger partial charge in [-0.25, -0.2) is 0 Å². The maximum Gasteiger partial charge on any atom is 0.0950 e. The maximum absolute atomic E-state index is 11.5. The number of aromatic nitrogens is 1. The van der Waals surface area contributed by atoms with E-state index < -0.39 is 6.10 Å². The van der Waals surface area contributed by atoms with Gasteiger partial charge in [0, 0.05) is 27.6 Å². The molecule has 1 aromatic heterocycles. The number of hydrogen-bond donors (Lipinski definition) is 2. The fourth-order valence-electron chi connectivity index (χ4n) is 7.50. The molecule has 4 aliphatic rings. The zero-order chi connectivity index (χ0) is 20.5. The van der Waals surface area contributed by atoms with Crippen LogP contribution in [-0.4, -0.2) is 22.7 Å². The largest absolute Gasteiger partial charge is 0.387 e.